The largest absolute Gasteiger partial charge is 0.356 e. The summed E-state index contributed by atoms with van der Waals surface area (Å²) in [5, 5.41) is 3.09. The van der Waals surface area contributed by atoms with Crippen LogP contribution in [0.5, 0.6) is 0 Å². The molecule has 2 N–H and O–H groups in total. The first kappa shape index (κ1) is 14.3. The van der Waals surface area contributed by atoms with E-state index in [9.17, 15) is 12.8 Å². The molecule has 0 aliphatic carbocycles. The zero-order valence-electron chi connectivity index (χ0n) is 10.9. The van der Waals surface area contributed by atoms with Crippen LogP contribution in [0, 0.1) is 5.82 Å². The van der Waals surface area contributed by atoms with Crippen molar-refractivity contribution in [3.63, 3.8) is 0 Å². The maximum Gasteiger partial charge on any atom is 0.232 e. The number of benzene rings is 2. The van der Waals surface area contributed by atoms with Crippen molar-refractivity contribution in [2.75, 3.05) is 15.8 Å². The summed E-state index contributed by atoms with van der Waals surface area (Å²) in [6.45, 7) is 1.58. The number of hydrogen-bond donors (Lipinski definition) is 2. The number of sulfonamides is 1. The molecule has 20 heavy (non-hydrogen) atoms. The third kappa shape index (κ3) is 3.96. The molecule has 0 fully saturated rings. The first-order valence-corrected chi connectivity index (χ1v) is 7.77. The predicted octanol–water partition coefficient (Wildman–Crippen LogP) is 3.33. The molecule has 0 saturated carbocycles. The third-order valence-corrected chi connectivity index (χ3v) is 3.98. The fourth-order valence-electron chi connectivity index (χ4n) is 1.57. The molecule has 0 aromatic heterocycles. The molecule has 0 bridgehead atoms. The Bertz CT molecular complexity index is 667. The first-order valence-electron chi connectivity index (χ1n) is 6.11. The van der Waals surface area contributed by atoms with Crippen LogP contribution < -0.4 is 10.0 Å². The van der Waals surface area contributed by atoms with Gasteiger partial charge in [0.25, 0.3) is 0 Å². The van der Waals surface area contributed by atoms with Gasteiger partial charge in [0.05, 0.1) is 5.75 Å². The van der Waals surface area contributed by atoms with Gasteiger partial charge in [0, 0.05) is 17.1 Å². The summed E-state index contributed by atoms with van der Waals surface area (Å²) < 4.78 is 38.1. The highest BCUT2D eigenvalue weighted by atomic mass is 32.2. The van der Waals surface area contributed by atoms with E-state index in [0.29, 0.717) is 5.69 Å². The van der Waals surface area contributed by atoms with Crippen molar-refractivity contribution in [1.82, 2.24) is 0 Å². The lowest BCUT2D eigenvalue weighted by molar-refractivity contribution is 0.602. The van der Waals surface area contributed by atoms with Gasteiger partial charge in [0.1, 0.15) is 5.82 Å². The van der Waals surface area contributed by atoms with Crippen molar-refractivity contribution in [2.24, 2.45) is 0 Å². The minimum atomic E-state index is -3.26. The maximum absolute atomic E-state index is 12.8. The van der Waals surface area contributed by atoms with Crippen LogP contribution in [-0.2, 0) is 10.0 Å². The second-order valence-corrected chi connectivity index (χ2v) is 6.23. The summed E-state index contributed by atoms with van der Waals surface area (Å²) in [7, 11) is -3.26. The molecule has 0 amide bonds. The van der Waals surface area contributed by atoms with Crippen LogP contribution in [0.15, 0.2) is 48.5 Å². The monoisotopic (exact) mass is 294 g/mol. The molecular weight excluding hydrogens is 279 g/mol. The Labute approximate surface area is 117 Å². The second kappa shape index (κ2) is 5.92. The molecule has 4 nitrogen and oxygen atoms in total. The Morgan fingerprint density at radius 3 is 1.85 bits per heavy atom. The number of nitrogens with one attached hydrogen (secondary N) is 2. The van der Waals surface area contributed by atoms with E-state index in [2.05, 4.69) is 10.0 Å². The lowest BCUT2D eigenvalue weighted by atomic mass is 10.2. The smallest absolute Gasteiger partial charge is 0.232 e. The summed E-state index contributed by atoms with van der Waals surface area (Å²) in [6.07, 6.45) is 0. The molecule has 0 aliphatic rings. The van der Waals surface area contributed by atoms with E-state index >= 15 is 0 Å². The van der Waals surface area contributed by atoms with Gasteiger partial charge in [-0.25, -0.2) is 12.8 Å². The quantitative estimate of drug-likeness (QED) is 0.889. The van der Waals surface area contributed by atoms with Crippen molar-refractivity contribution in [3.05, 3.63) is 54.3 Å². The van der Waals surface area contributed by atoms with Gasteiger partial charge in [-0.2, -0.15) is 0 Å². The summed E-state index contributed by atoms with van der Waals surface area (Å²) in [4.78, 5) is 0. The summed E-state index contributed by atoms with van der Waals surface area (Å²) in [6, 6.07) is 12.8. The Kier molecular flexibility index (Phi) is 4.24. The summed E-state index contributed by atoms with van der Waals surface area (Å²) in [5.41, 5.74) is 2.06. The van der Waals surface area contributed by atoms with Gasteiger partial charge in [-0.05, 0) is 55.5 Å². The highest BCUT2D eigenvalue weighted by molar-refractivity contribution is 7.92. The molecule has 0 unspecified atom stereocenters. The number of halogens is 1. The SMILES string of the molecule is CCS(=O)(=O)Nc1ccc(Nc2ccc(F)cc2)cc1. The van der Waals surface area contributed by atoms with Crippen LogP contribution in [0.25, 0.3) is 0 Å². The standard InChI is InChI=1S/C14H15FN2O2S/c1-2-20(18,19)17-14-9-7-13(8-10-14)16-12-5-3-11(15)4-6-12/h3-10,16-17H,2H2,1H3. The van der Waals surface area contributed by atoms with Gasteiger partial charge >= 0.3 is 0 Å². The van der Waals surface area contributed by atoms with Gasteiger partial charge in [-0.3, -0.25) is 4.72 Å². The van der Waals surface area contributed by atoms with Gasteiger partial charge < -0.3 is 5.32 Å². The van der Waals surface area contributed by atoms with E-state index in [1.165, 1.54) is 12.1 Å². The lowest BCUT2D eigenvalue weighted by Gasteiger charge is -2.09. The summed E-state index contributed by atoms with van der Waals surface area (Å²) >= 11 is 0. The third-order valence-electron chi connectivity index (χ3n) is 2.67. The molecule has 0 saturated heterocycles. The number of hydrogen-bond acceptors (Lipinski definition) is 3. The Balaban J connectivity index is 2.07. The van der Waals surface area contributed by atoms with E-state index < -0.39 is 10.0 Å². The van der Waals surface area contributed by atoms with Crippen molar-refractivity contribution < 1.29 is 12.8 Å². The van der Waals surface area contributed by atoms with E-state index in [-0.39, 0.29) is 11.6 Å². The van der Waals surface area contributed by atoms with E-state index in [4.69, 9.17) is 0 Å². The van der Waals surface area contributed by atoms with E-state index in [1.54, 1.807) is 43.3 Å². The topological polar surface area (TPSA) is 58.2 Å². The van der Waals surface area contributed by atoms with Crippen LogP contribution in [0.4, 0.5) is 21.5 Å². The second-order valence-electron chi connectivity index (χ2n) is 4.21. The van der Waals surface area contributed by atoms with Crippen molar-refractivity contribution in [1.29, 1.82) is 0 Å². The van der Waals surface area contributed by atoms with Crippen molar-refractivity contribution in [3.8, 4) is 0 Å². The normalized spacial score (nSPS) is 11.1. The van der Waals surface area contributed by atoms with Crippen molar-refractivity contribution in [2.45, 2.75) is 6.92 Å². The molecule has 0 radical (unpaired) electrons. The Hall–Kier alpha value is -2.08. The van der Waals surface area contributed by atoms with Gasteiger partial charge in [-0.1, -0.05) is 0 Å². The minimum absolute atomic E-state index is 0.0303. The summed E-state index contributed by atoms with van der Waals surface area (Å²) in [5.74, 6) is -0.261. The van der Waals surface area contributed by atoms with Crippen LogP contribution in [0.2, 0.25) is 0 Å². The van der Waals surface area contributed by atoms with E-state index in [1.807, 2.05) is 0 Å². The molecule has 2 aromatic rings. The van der Waals surface area contributed by atoms with Gasteiger partial charge in [-0.15, -0.1) is 0 Å². The maximum atomic E-state index is 12.8. The first-order chi connectivity index (χ1) is 9.48. The molecule has 0 aliphatic heterocycles. The molecular formula is C14H15FN2O2S. The van der Waals surface area contributed by atoms with Crippen molar-refractivity contribution >= 4 is 27.1 Å². The molecule has 0 spiro atoms. The lowest BCUT2D eigenvalue weighted by Crippen LogP contribution is -2.14. The average molecular weight is 294 g/mol. The molecule has 2 rings (SSSR count). The Morgan fingerprint density at radius 1 is 0.900 bits per heavy atom. The highest BCUT2D eigenvalue weighted by Gasteiger charge is 2.06. The Morgan fingerprint density at radius 2 is 1.35 bits per heavy atom. The van der Waals surface area contributed by atoms with Crippen LogP contribution >= 0.6 is 0 Å². The van der Waals surface area contributed by atoms with Gasteiger partial charge in [0.2, 0.25) is 10.0 Å². The molecule has 6 heteroatoms. The van der Waals surface area contributed by atoms with Crippen LogP contribution in [0.3, 0.4) is 0 Å². The molecule has 0 atom stereocenters. The number of anilines is 3. The average Bonchev–Trinajstić information content (AvgIpc) is 2.43. The van der Waals surface area contributed by atoms with E-state index in [0.717, 1.165) is 11.4 Å². The minimum Gasteiger partial charge on any atom is -0.356 e. The fourth-order valence-corrected chi connectivity index (χ4v) is 2.21. The predicted molar refractivity (Wildman–Crippen MR) is 79.2 cm³/mol. The van der Waals surface area contributed by atoms with Crippen LogP contribution in [-0.4, -0.2) is 14.2 Å². The van der Waals surface area contributed by atoms with Crippen LogP contribution in [0.1, 0.15) is 6.92 Å². The zero-order chi connectivity index (χ0) is 14.6. The fraction of sp³-hybridized carbons (Fsp3) is 0.143. The zero-order valence-corrected chi connectivity index (χ0v) is 11.7. The van der Waals surface area contributed by atoms with Gasteiger partial charge in [0.15, 0.2) is 0 Å². The molecule has 2 aromatic carbocycles. The molecule has 0 heterocycles. The number of rotatable bonds is 5. The molecule has 106 valence electrons. The highest BCUT2D eigenvalue weighted by Crippen LogP contribution is 2.19.